The van der Waals surface area contributed by atoms with Gasteiger partial charge in [0.15, 0.2) is 0 Å². The molecular weight excluding hydrogens is 382 g/mol. The Hall–Kier alpha value is -3.88. The Kier molecular flexibility index (Phi) is 6.08. The molecule has 0 radical (unpaired) electrons. The maximum Gasteiger partial charge on any atom is 0.340 e. The molecule has 0 aliphatic rings. The number of hydrogen-bond donors (Lipinski definition) is 2. The first-order chi connectivity index (χ1) is 14.0. The minimum Gasteiger partial charge on any atom is -0.462 e. The Morgan fingerprint density at radius 1 is 1.00 bits per heavy atom. The predicted molar refractivity (Wildman–Crippen MR) is 102 cm³/mol. The van der Waals surface area contributed by atoms with Crippen LogP contribution in [0.25, 0.3) is 0 Å². The van der Waals surface area contributed by atoms with Gasteiger partial charge in [-0.05, 0) is 31.2 Å². The summed E-state index contributed by atoms with van der Waals surface area (Å²) in [4.78, 5) is 32.2. The lowest BCUT2D eigenvalue weighted by Gasteiger charge is -2.11. The second kappa shape index (κ2) is 8.87. The van der Waals surface area contributed by atoms with E-state index >= 15 is 0 Å². The van der Waals surface area contributed by atoms with Gasteiger partial charge in [-0.3, -0.25) is 4.79 Å². The molecule has 2 N–H and O–H groups in total. The van der Waals surface area contributed by atoms with Gasteiger partial charge < -0.3 is 15.4 Å². The zero-order valence-corrected chi connectivity index (χ0v) is 15.3. The fraction of sp³-hybridized carbons (Fsp3) is 0.100. The maximum absolute atomic E-state index is 13.7. The molecule has 1 heterocycles. The third kappa shape index (κ3) is 4.70. The van der Waals surface area contributed by atoms with Crippen LogP contribution in [-0.4, -0.2) is 28.5 Å². The molecule has 148 valence electrons. The van der Waals surface area contributed by atoms with Crippen molar-refractivity contribution < 1.29 is 23.1 Å². The van der Waals surface area contributed by atoms with Gasteiger partial charge in [-0.15, -0.1) is 0 Å². The van der Waals surface area contributed by atoms with Crippen LogP contribution < -0.4 is 10.6 Å². The highest BCUT2D eigenvalue weighted by atomic mass is 19.1. The highest BCUT2D eigenvalue weighted by Crippen LogP contribution is 2.21. The van der Waals surface area contributed by atoms with E-state index in [1.165, 1.54) is 12.3 Å². The summed E-state index contributed by atoms with van der Waals surface area (Å²) in [5.74, 6) is -2.86. The number of nitrogens with one attached hydrogen (secondary N) is 2. The minimum absolute atomic E-state index is 0.142. The van der Waals surface area contributed by atoms with Crippen LogP contribution in [-0.2, 0) is 4.74 Å². The molecule has 9 heteroatoms. The number of carbonyl (C=O) groups is 2. The van der Waals surface area contributed by atoms with Crippen molar-refractivity contribution in [1.82, 2.24) is 9.97 Å². The number of amides is 1. The van der Waals surface area contributed by atoms with Gasteiger partial charge in [-0.2, -0.15) is 0 Å². The van der Waals surface area contributed by atoms with E-state index in [2.05, 4.69) is 20.6 Å². The van der Waals surface area contributed by atoms with E-state index in [1.807, 2.05) is 0 Å². The normalized spacial score (nSPS) is 10.3. The largest absolute Gasteiger partial charge is 0.462 e. The number of ether oxygens (including phenoxy) is 1. The third-order valence-corrected chi connectivity index (χ3v) is 3.77. The molecule has 0 fully saturated rings. The average Bonchev–Trinajstić information content (AvgIpc) is 2.72. The van der Waals surface area contributed by atoms with E-state index in [0.717, 1.165) is 18.3 Å². The van der Waals surface area contributed by atoms with Gasteiger partial charge in [-0.25, -0.2) is 23.5 Å². The number of anilines is 3. The van der Waals surface area contributed by atoms with Crippen molar-refractivity contribution in [2.75, 3.05) is 17.2 Å². The highest BCUT2D eigenvalue weighted by Gasteiger charge is 2.16. The maximum atomic E-state index is 13.7. The van der Waals surface area contributed by atoms with Gasteiger partial charge in [0, 0.05) is 0 Å². The summed E-state index contributed by atoms with van der Waals surface area (Å²) in [7, 11) is 0. The van der Waals surface area contributed by atoms with Crippen LogP contribution in [0.5, 0.6) is 0 Å². The van der Waals surface area contributed by atoms with E-state index in [-0.39, 0.29) is 18.1 Å². The summed E-state index contributed by atoms with van der Waals surface area (Å²) in [6.45, 7) is 1.94. The predicted octanol–water partition coefficient (Wildman–Crippen LogP) is 3.93. The summed E-state index contributed by atoms with van der Waals surface area (Å²) in [5, 5.41) is 5.05. The van der Waals surface area contributed by atoms with Gasteiger partial charge in [0.25, 0.3) is 5.91 Å². The molecule has 2 aromatic carbocycles. The molecule has 0 aliphatic heterocycles. The number of para-hydroxylation sites is 2. The molecule has 3 aromatic rings. The lowest BCUT2D eigenvalue weighted by molar-refractivity contribution is 0.0527. The summed E-state index contributed by atoms with van der Waals surface area (Å²) in [6.07, 6.45) is 2.40. The second-order valence-corrected chi connectivity index (χ2v) is 5.73. The Labute approximate surface area is 164 Å². The summed E-state index contributed by atoms with van der Waals surface area (Å²) in [5.41, 5.74) is 0.0561. The first-order valence-corrected chi connectivity index (χ1v) is 8.60. The van der Waals surface area contributed by atoms with Crippen LogP contribution in [0.15, 0.2) is 54.9 Å². The van der Waals surface area contributed by atoms with Gasteiger partial charge in [-0.1, -0.05) is 18.2 Å². The number of benzene rings is 2. The van der Waals surface area contributed by atoms with E-state index in [9.17, 15) is 18.4 Å². The molecule has 0 unspecified atom stereocenters. The number of aromatic nitrogens is 2. The Bertz CT molecular complexity index is 1020. The molecule has 0 atom stereocenters. The molecule has 7 nitrogen and oxygen atoms in total. The van der Waals surface area contributed by atoms with Crippen molar-refractivity contribution in [2.45, 2.75) is 6.92 Å². The number of rotatable bonds is 6. The van der Waals surface area contributed by atoms with Crippen molar-refractivity contribution in [2.24, 2.45) is 0 Å². The van der Waals surface area contributed by atoms with Crippen LogP contribution in [0, 0.1) is 11.6 Å². The molecule has 0 spiro atoms. The minimum atomic E-state index is -0.903. The molecule has 0 aliphatic carbocycles. The Morgan fingerprint density at radius 2 is 1.72 bits per heavy atom. The lowest BCUT2D eigenvalue weighted by Crippen LogP contribution is -2.16. The van der Waals surface area contributed by atoms with E-state index in [1.54, 1.807) is 31.2 Å². The standard InChI is InChI=1S/C20H16F2N4O3/c1-2-29-20(28)12-6-3-4-9-15(12)25-17-11-23-16(10-24-17)19(27)26-18-13(21)7-5-8-14(18)22/h3-11H,2H2,1H3,(H,24,25)(H,26,27). The molecular formula is C20H16F2N4O3. The van der Waals surface area contributed by atoms with Crippen LogP contribution >= 0.6 is 0 Å². The molecule has 29 heavy (non-hydrogen) atoms. The number of halogens is 2. The monoisotopic (exact) mass is 398 g/mol. The number of carbonyl (C=O) groups excluding carboxylic acids is 2. The fourth-order valence-corrected chi connectivity index (χ4v) is 2.42. The van der Waals surface area contributed by atoms with Gasteiger partial charge >= 0.3 is 5.97 Å². The van der Waals surface area contributed by atoms with Gasteiger partial charge in [0.05, 0.1) is 30.3 Å². The van der Waals surface area contributed by atoms with Crippen molar-refractivity contribution in [3.63, 3.8) is 0 Å². The molecule has 1 aromatic heterocycles. The third-order valence-electron chi connectivity index (χ3n) is 3.77. The zero-order chi connectivity index (χ0) is 20.8. The van der Waals surface area contributed by atoms with E-state index in [0.29, 0.717) is 11.3 Å². The quantitative estimate of drug-likeness (QED) is 0.611. The van der Waals surface area contributed by atoms with Gasteiger partial charge in [0.1, 0.15) is 28.8 Å². The Morgan fingerprint density at radius 3 is 2.38 bits per heavy atom. The van der Waals surface area contributed by atoms with Crippen molar-refractivity contribution in [1.29, 1.82) is 0 Å². The lowest BCUT2D eigenvalue weighted by atomic mass is 10.2. The number of nitrogens with zero attached hydrogens (tertiary/aromatic N) is 2. The molecule has 3 rings (SSSR count). The van der Waals surface area contributed by atoms with Gasteiger partial charge in [0.2, 0.25) is 0 Å². The molecule has 0 saturated heterocycles. The first kappa shape index (κ1) is 19.9. The Balaban J connectivity index is 1.74. The zero-order valence-electron chi connectivity index (χ0n) is 15.3. The van der Waals surface area contributed by atoms with Crippen molar-refractivity contribution in [3.05, 3.63) is 77.8 Å². The van der Waals surface area contributed by atoms with Crippen molar-refractivity contribution >= 4 is 29.1 Å². The van der Waals surface area contributed by atoms with Crippen LogP contribution in [0.4, 0.5) is 26.0 Å². The molecule has 0 saturated carbocycles. The number of esters is 1. The SMILES string of the molecule is CCOC(=O)c1ccccc1Nc1cnc(C(=O)Nc2c(F)cccc2F)cn1. The van der Waals surface area contributed by atoms with Crippen LogP contribution in [0.2, 0.25) is 0 Å². The smallest absolute Gasteiger partial charge is 0.340 e. The summed E-state index contributed by atoms with van der Waals surface area (Å²) in [6, 6.07) is 9.92. The molecule has 0 bridgehead atoms. The molecule has 1 amide bonds. The highest BCUT2D eigenvalue weighted by molar-refractivity contribution is 6.03. The second-order valence-electron chi connectivity index (χ2n) is 5.73. The topological polar surface area (TPSA) is 93.2 Å². The van der Waals surface area contributed by atoms with Crippen molar-refractivity contribution in [3.8, 4) is 0 Å². The van der Waals surface area contributed by atoms with Crippen LogP contribution in [0.3, 0.4) is 0 Å². The van der Waals surface area contributed by atoms with E-state index < -0.39 is 29.2 Å². The van der Waals surface area contributed by atoms with E-state index in [4.69, 9.17) is 4.74 Å². The fourth-order valence-electron chi connectivity index (χ4n) is 2.42. The average molecular weight is 398 g/mol. The van der Waals surface area contributed by atoms with Crippen LogP contribution in [0.1, 0.15) is 27.8 Å². The summed E-state index contributed by atoms with van der Waals surface area (Å²) < 4.78 is 32.3. The first-order valence-electron chi connectivity index (χ1n) is 8.60. The summed E-state index contributed by atoms with van der Waals surface area (Å²) >= 11 is 0. The number of hydrogen-bond acceptors (Lipinski definition) is 6.